The van der Waals surface area contributed by atoms with E-state index in [-0.39, 0.29) is 34.1 Å². The fourth-order valence-corrected chi connectivity index (χ4v) is 10.2. The Bertz CT molecular complexity index is 2710. The SMILES string of the molecule is CC1(C)CCC(CN2CCN(c3ccc(C(=O)NS(=O)(=O)c4cc5c(c([N+](=O)[O-])c4)N[C@@H](CN4CCOCC4)CN5)c(Oc4cnc5[nH]ccc5c4)c3)CC2)=C(c2ccc(Cl)cc2)C1. The number of morpholine rings is 1. The Morgan fingerprint density at radius 1 is 1.02 bits per heavy atom. The monoisotopic (exact) mass is 909 g/mol. The quantitative estimate of drug-likeness (QED) is 0.0719. The number of carbonyl (C=O) groups excluding carboxylic acids is 1. The van der Waals surface area contributed by atoms with E-state index in [1.54, 1.807) is 30.5 Å². The summed E-state index contributed by atoms with van der Waals surface area (Å²) < 4.78 is 41.8. The lowest BCUT2D eigenvalue weighted by Gasteiger charge is -2.39. The third kappa shape index (κ3) is 9.68. The number of ether oxygens (including phenoxy) is 2. The van der Waals surface area contributed by atoms with Gasteiger partial charge in [0, 0.05) is 93.3 Å². The lowest BCUT2D eigenvalue weighted by Crippen LogP contribution is -2.47. The summed E-state index contributed by atoms with van der Waals surface area (Å²) in [5.41, 5.74) is 5.77. The maximum absolute atomic E-state index is 14.1. The predicted molar refractivity (Wildman–Crippen MR) is 248 cm³/mol. The molecule has 2 aromatic heterocycles. The highest BCUT2D eigenvalue weighted by molar-refractivity contribution is 7.90. The van der Waals surface area contributed by atoms with Crippen molar-refractivity contribution in [2.45, 2.75) is 44.0 Å². The van der Waals surface area contributed by atoms with Crippen LogP contribution in [0.2, 0.25) is 5.02 Å². The molecule has 9 rings (SSSR count). The first-order valence-corrected chi connectivity index (χ1v) is 23.5. The van der Waals surface area contributed by atoms with Crippen LogP contribution in [-0.4, -0.2) is 117 Å². The van der Waals surface area contributed by atoms with E-state index in [1.807, 2.05) is 18.2 Å². The number of carbonyl (C=O) groups is 1. The van der Waals surface area contributed by atoms with Crippen molar-refractivity contribution in [3.05, 3.63) is 111 Å². The number of fused-ring (bicyclic) bond motifs is 2. The largest absolute Gasteiger partial charge is 0.455 e. The van der Waals surface area contributed by atoms with Gasteiger partial charge in [0.15, 0.2) is 0 Å². The van der Waals surface area contributed by atoms with E-state index in [0.717, 1.165) is 87.2 Å². The summed E-state index contributed by atoms with van der Waals surface area (Å²) in [5.74, 6) is -0.484. The molecule has 4 aliphatic rings. The van der Waals surface area contributed by atoms with Crippen molar-refractivity contribution in [2.75, 3.05) is 87.7 Å². The Kier molecular flexibility index (Phi) is 12.3. The van der Waals surface area contributed by atoms with Crippen LogP contribution in [0.5, 0.6) is 11.5 Å². The molecule has 3 aromatic carbocycles. The second-order valence-electron chi connectivity index (χ2n) is 17.8. The van der Waals surface area contributed by atoms with Crippen molar-refractivity contribution in [3.63, 3.8) is 0 Å². The molecule has 1 atom stereocenters. The highest BCUT2D eigenvalue weighted by Crippen LogP contribution is 2.44. The van der Waals surface area contributed by atoms with Crippen molar-refractivity contribution >= 4 is 66.9 Å². The van der Waals surface area contributed by atoms with E-state index in [2.05, 4.69) is 66.0 Å². The van der Waals surface area contributed by atoms with Crippen LogP contribution in [0.4, 0.5) is 22.7 Å². The van der Waals surface area contributed by atoms with Crippen LogP contribution in [0.3, 0.4) is 0 Å². The molecule has 0 bridgehead atoms. The number of pyridine rings is 1. The highest BCUT2D eigenvalue weighted by atomic mass is 35.5. The zero-order valence-electron chi connectivity index (χ0n) is 35.9. The van der Waals surface area contributed by atoms with Crippen molar-refractivity contribution in [1.82, 2.24) is 24.5 Å². The van der Waals surface area contributed by atoms with Crippen LogP contribution in [-0.2, 0) is 14.8 Å². The molecule has 1 aliphatic carbocycles. The Hall–Kier alpha value is -5.72. The second kappa shape index (κ2) is 18.0. The third-order valence-electron chi connectivity index (χ3n) is 12.6. The number of hydrogen-bond donors (Lipinski definition) is 4. The predicted octanol–water partition coefficient (Wildman–Crippen LogP) is 7.36. The molecule has 5 heterocycles. The van der Waals surface area contributed by atoms with Gasteiger partial charge in [0.25, 0.3) is 21.6 Å². The van der Waals surface area contributed by atoms with Gasteiger partial charge in [0.1, 0.15) is 22.8 Å². The minimum atomic E-state index is -4.62. The number of piperazine rings is 1. The number of aromatic nitrogens is 2. The van der Waals surface area contributed by atoms with Gasteiger partial charge in [-0.3, -0.25) is 24.7 Å². The maximum atomic E-state index is 14.1. The van der Waals surface area contributed by atoms with Crippen molar-refractivity contribution in [2.24, 2.45) is 5.41 Å². The second-order valence-corrected chi connectivity index (χ2v) is 19.9. The average molecular weight is 910 g/mol. The smallest absolute Gasteiger partial charge is 0.295 e. The van der Waals surface area contributed by atoms with Gasteiger partial charge in [0.05, 0.1) is 46.5 Å². The van der Waals surface area contributed by atoms with Crippen LogP contribution in [0.1, 0.15) is 49.0 Å². The van der Waals surface area contributed by atoms with Gasteiger partial charge < -0.3 is 30.0 Å². The minimum Gasteiger partial charge on any atom is -0.455 e. The summed E-state index contributed by atoms with van der Waals surface area (Å²) in [7, 11) is -4.62. The fourth-order valence-electron chi connectivity index (χ4n) is 9.10. The summed E-state index contributed by atoms with van der Waals surface area (Å²) in [4.78, 5) is 39.8. The summed E-state index contributed by atoms with van der Waals surface area (Å²) >= 11 is 6.25. The van der Waals surface area contributed by atoms with Gasteiger partial charge in [-0.2, -0.15) is 0 Å². The first kappa shape index (κ1) is 43.5. The van der Waals surface area contributed by atoms with Crippen LogP contribution < -0.4 is 25.0 Å². The molecule has 1 amide bonds. The minimum absolute atomic E-state index is 0.0415. The Morgan fingerprint density at radius 2 is 1.80 bits per heavy atom. The number of nitro groups is 1. The standard InChI is InChI=1S/C46H52ClN9O7S/c1-46(2)11-9-32(39(25-46)30-3-5-33(47)6-4-30)28-53-13-15-55(16-14-53)35-7-8-38(42(22-35)63-36-21-31-10-12-48-44(31)50-27-36)45(57)52-64(60,61)37-23-40-43(41(24-37)56(58)59)51-34(26-49-40)29-54-17-19-62-20-18-54/h3-8,10,12,21-24,27,34,49,51H,9,11,13-20,25-26,28-29H2,1-2H3,(H,48,50)(H,52,57)/t34-/m1/s1. The van der Waals surface area contributed by atoms with E-state index < -0.39 is 31.4 Å². The number of sulfonamides is 1. The topological polar surface area (TPSA) is 187 Å². The maximum Gasteiger partial charge on any atom is 0.295 e. The lowest BCUT2D eigenvalue weighted by molar-refractivity contribution is -0.384. The van der Waals surface area contributed by atoms with Gasteiger partial charge in [0.2, 0.25) is 0 Å². The van der Waals surface area contributed by atoms with Gasteiger partial charge in [-0.15, -0.1) is 0 Å². The molecular formula is C46H52ClN9O7S. The molecule has 2 saturated heterocycles. The normalized spacial score (nSPS) is 19.4. The number of aromatic amines is 1. The number of halogens is 1. The summed E-state index contributed by atoms with van der Waals surface area (Å²) in [6.45, 7) is 12.4. The summed E-state index contributed by atoms with van der Waals surface area (Å²) in [5, 5.41) is 20.3. The van der Waals surface area contributed by atoms with Crippen LogP contribution >= 0.6 is 11.6 Å². The van der Waals surface area contributed by atoms with E-state index in [9.17, 15) is 23.3 Å². The molecule has 336 valence electrons. The number of benzene rings is 3. The Balaban J connectivity index is 0.938. The molecular weight excluding hydrogens is 858 g/mol. The van der Waals surface area contributed by atoms with Crippen LogP contribution in [0, 0.1) is 15.5 Å². The van der Waals surface area contributed by atoms with Crippen LogP contribution in [0.25, 0.3) is 16.6 Å². The first-order chi connectivity index (χ1) is 30.8. The number of hydrogen-bond acceptors (Lipinski definition) is 13. The van der Waals surface area contributed by atoms with E-state index in [4.69, 9.17) is 21.1 Å². The molecule has 18 heteroatoms. The van der Waals surface area contributed by atoms with E-state index >= 15 is 0 Å². The number of nitrogens with zero attached hydrogens (tertiary/aromatic N) is 5. The number of nitrogens with one attached hydrogen (secondary N) is 4. The Morgan fingerprint density at radius 3 is 2.56 bits per heavy atom. The Labute approximate surface area is 377 Å². The lowest BCUT2D eigenvalue weighted by atomic mass is 9.72. The van der Waals surface area contributed by atoms with Gasteiger partial charge in [-0.25, -0.2) is 18.1 Å². The number of H-pyrrole nitrogens is 1. The highest BCUT2D eigenvalue weighted by Gasteiger charge is 2.33. The molecule has 5 aromatic rings. The summed E-state index contributed by atoms with van der Waals surface area (Å²) in [6, 6.07) is 19.0. The molecule has 0 saturated carbocycles. The molecule has 3 aliphatic heterocycles. The van der Waals surface area contributed by atoms with Crippen molar-refractivity contribution in [1.29, 1.82) is 0 Å². The third-order valence-corrected chi connectivity index (χ3v) is 14.2. The van der Waals surface area contributed by atoms with Crippen molar-refractivity contribution in [3.8, 4) is 11.5 Å². The molecule has 64 heavy (non-hydrogen) atoms. The number of amides is 1. The average Bonchev–Trinajstić information content (AvgIpc) is 3.75. The molecule has 2 fully saturated rings. The van der Waals surface area contributed by atoms with Gasteiger partial charge in [-0.05, 0) is 78.3 Å². The molecule has 0 spiro atoms. The number of allylic oxidation sites excluding steroid dienone is 1. The zero-order valence-corrected chi connectivity index (χ0v) is 37.4. The fraction of sp³-hybridized carbons (Fsp3) is 0.391. The van der Waals surface area contributed by atoms with Gasteiger partial charge >= 0.3 is 0 Å². The van der Waals surface area contributed by atoms with Crippen molar-refractivity contribution < 1.29 is 27.6 Å². The zero-order chi connectivity index (χ0) is 44.6. The molecule has 4 N–H and O–H groups in total. The molecule has 0 unspecified atom stereocenters. The van der Waals surface area contributed by atoms with Crippen LogP contribution in [0.15, 0.2) is 89.6 Å². The number of nitro benzene ring substituents is 1. The van der Waals surface area contributed by atoms with E-state index in [0.29, 0.717) is 37.7 Å². The number of anilines is 3. The van der Waals surface area contributed by atoms with Gasteiger partial charge in [-0.1, -0.05) is 43.2 Å². The number of rotatable bonds is 12. The summed E-state index contributed by atoms with van der Waals surface area (Å²) in [6.07, 6.45) is 6.48. The molecule has 0 radical (unpaired) electrons. The van der Waals surface area contributed by atoms with E-state index in [1.165, 1.54) is 29.0 Å². The first-order valence-electron chi connectivity index (χ1n) is 21.7. The molecule has 16 nitrogen and oxygen atoms in total.